The fraction of sp³-hybridized carbons (Fsp3) is 0.312. The molecule has 0 spiro atoms. The van der Waals surface area contributed by atoms with Crippen molar-refractivity contribution in [1.29, 1.82) is 0 Å². The minimum absolute atomic E-state index is 0.144. The van der Waals surface area contributed by atoms with Gasteiger partial charge in [0.2, 0.25) is 5.91 Å². The van der Waals surface area contributed by atoms with Gasteiger partial charge in [0, 0.05) is 19.8 Å². The van der Waals surface area contributed by atoms with Crippen molar-refractivity contribution in [2.24, 2.45) is 0 Å². The van der Waals surface area contributed by atoms with Crippen LogP contribution in [0.15, 0.2) is 30.3 Å². The average molecular weight is 316 g/mol. The number of thioether (sulfide) groups is 1. The smallest absolute Gasteiger partial charge is 0.280 e. The van der Waals surface area contributed by atoms with Gasteiger partial charge >= 0.3 is 0 Å². The molecule has 0 bridgehead atoms. The van der Waals surface area contributed by atoms with Crippen LogP contribution in [0.2, 0.25) is 0 Å². The summed E-state index contributed by atoms with van der Waals surface area (Å²) in [6.07, 6.45) is 5.76. The Labute approximate surface area is 135 Å². The first kappa shape index (κ1) is 17.2. The van der Waals surface area contributed by atoms with Crippen molar-refractivity contribution in [1.82, 2.24) is 5.32 Å². The summed E-state index contributed by atoms with van der Waals surface area (Å²) in [5, 5.41) is 2.59. The fourth-order valence-corrected chi connectivity index (χ4v) is 3.12. The quantitative estimate of drug-likeness (QED) is 0.497. The minimum Gasteiger partial charge on any atom is -0.345 e. The molecule has 0 aliphatic carbocycles. The number of terminal acetylenes is 1. The molecule has 1 amide bonds. The SMILES string of the molecule is [C-]#[N+]C(C)(CCC(=O)NCC#C)SC(=S)c1ccccc1. The lowest BCUT2D eigenvalue weighted by atomic mass is 10.2. The van der Waals surface area contributed by atoms with Crippen LogP contribution in [0, 0.1) is 18.9 Å². The summed E-state index contributed by atoms with van der Waals surface area (Å²) < 4.78 is 0.665. The van der Waals surface area contributed by atoms with Crippen LogP contribution in [-0.2, 0) is 4.79 Å². The van der Waals surface area contributed by atoms with Gasteiger partial charge in [-0.25, -0.2) is 6.57 Å². The molecular weight excluding hydrogens is 300 g/mol. The molecule has 0 saturated carbocycles. The molecule has 21 heavy (non-hydrogen) atoms. The molecule has 0 radical (unpaired) electrons. The molecule has 0 aliphatic heterocycles. The zero-order chi connectivity index (χ0) is 15.7. The summed E-state index contributed by atoms with van der Waals surface area (Å²) in [7, 11) is 0. The van der Waals surface area contributed by atoms with E-state index in [1.54, 1.807) is 6.92 Å². The lowest BCUT2D eigenvalue weighted by Crippen LogP contribution is -2.26. The maximum atomic E-state index is 11.6. The van der Waals surface area contributed by atoms with Gasteiger partial charge in [0.25, 0.3) is 4.87 Å². The summed E-state index contributed by atoms with van der Waals surface area (Å²) in [6.45, 7) is 9.39. The molecule has 0 fully saturated rings. The molecule has 0 saturated heterocycles. The van der Waals surface area contributed by atoms with Gasteiger partial charge < -0.3 is 5.32 Å². The highest BCUT2D eigenvalue weighted by Gasteiger charge is 2.33. The first-order chi connectivity index (χ1) is 10.0. The molecule has 0 aromatic heterocycles. The van der Waals surface area contributed by atoms with E-state index >= 15 is 0 Å². The molecule has 1 aromatic rings. The number of hydrogen-bond acceptors (Lipinski definition) is 3. The molecule has 0 heterocycles. The number of rotatable bonds is 6. The fourth-order valence-electron chi connectivity index (χ4n) is 1.55. The molecular formula is C16H16N2OS2. The summed E-state index contributed by atoms with van der Waals surface area (Å²) in [5.74, 6) is 2.20. The highest BCUT2D eigenvalue weighted by atomic mass is 32.2. The van der Waals surface area contributed by atoms with Crippen molar-refractivity contribution in [3.8, 4) is 12.3 Å². The second-order valence-corrected chi connectivity index (χ2v) is 6.68. The molecule has 1 aromatic carbocycles. The molecule has 108 valence electrons. The van der Waals surface area contributed by atoms with Gasteiger partial charge in [0.1, 0.15) is 0 Å². The highest BCUT2D eigenvalue weighted by Crippen LogP contribution is 2.34. The van der Waals surface area contributed by atoms with E-state index in [1.807, 2.05) is 30.3 Å². The van der Waals surface area contributed by atoms with E-state index in [4.69, 9.17) is 25.2 Å². The van der Waals surface area contributed by atoms with Gasteiger partial charge in [-0.1, -0.05) is 48.5 Å². The molecule has 1 atom stereocenters. The normalized spacial score (nSPS) is 12.5. The molecule has 5 heteroatoms. The van der Waals surface area contributed by atoms with Crippen LogP contribution >= 0.6 is 24.0 Å². The molecule has 3 nitrogen and oxygen atoms in total. The van der Waals surface area contributed by atoms with Gasteiger partial charge in [-0.15, -0.1) is 6.42 Å². The molecule has 0 aliphatic rings. The zero-order valence-electron chi connectivity index (χ0n) is 11.8. The first-order valence-corrected chi connectivity index (χ1v) is 7.60. The van der Waals surface area contributed by atoms with Crippen molar-refractivity contribution in [2.45, 2.75) is 24.6 Å². The van der Waals surface area contributed by atoms with Crippen molar-refractivity contribution in [3.63, 3.8) is 0 Å². The number of amides is 1. The van der Waals surface area contributed by atoms with Crippen LogP contribution in [0.25, 0.3) is 4.85 Å². The second-order valence-electron chi connectivity index (χ2n) is 4.52. The van der Waals surface area contributed by atoms with E-state index in [2.05, 4.69) is 16.1 Å². The number of thiocarbonyl (C=S) groups is 1. The molecule has 1 N–H and O–H groups in total. The Kier molecular flexibility index (Phi) is 6.94. The minimum atomic E-state index is -0.750. The van der Waals surface area contributed by atoms with Crippen molar-refractivity contribution in [3.05, 3.63) is 47.3 Å². The summed E-state index contributed by atoms with van der Waals surface area (Å²) >= 11 is 6.70. The number of hydrogen-bond donors (Lipinski definition) is 1. The highest BCUT2D eigenvalue weighted by molar-refractivity contribution is 8.24. The van der Waals surface area contributed by atoms with E-state index in [0.29, 0.717) is 10.6 Å². The summed E-state index contributed by atoms with van der Waals surface area (Å²) in [6, 6.07) is 9.56. The maximum Gasteiger partial charge on any atom is 0.280 e. The van der Waals surface area contributed by atoms with Crippen molar-refractivity contribution in [2.75, 3.05) is 6.54 Å². The van der Waals surface area contributed by atoms with E-state index in [9.17, 15) is 4.79 Å². The monoisotopic (exact) mass is 316 g/mol. The number of carbonyl (C=O) groups excluding carboxylic acids is 1. The standard InChI is InChI=1S/C16H16N2OS2/c1-4-12-18-14(19)10-11-16(2,17-3)21-15(20)13-8-6-5-7-9-13/h1,5-9H,10-12H2,2H3,(H,18,19). The van der Waals surface area contributed by atoms with Crippen LogP contribution in [0.3, 0.4) is 0 Å². The zero-order valence-corrected chi connectivity index (χ0v) is 13.4. The molecule has 1 rings (SSSR count). The van der Waals surface area contributed by atoms with E-state index in [0.717, 1.165) is 5.56 Å². The van der Waals surface area contributed by atoms with Crippen molar-refractivity contribution < 1.29 is 4.79 Å². The van der Waals surface area contributed by atoms with Gasteiger partial charge in [-0.05, 0) is 17.3 Å². The van der Waals surface area contributed by atoms with Gasteiger partial charge in [0.05, 0.1) is 10.7 Å². The second kappa shape index (κ2) is 8.46. The van der Waals surface area contributed by atoms with Gasteiger partial charge in [0.15, 0.2) is 0 Å². The van der Waals surface area contributed by atoms with Crippen LogP contribution in [0.5, 0.6) is 0 Å². The van der Waals surface area contributed by atoms with Crippen LogP contribution in [-0.4, -0.2) is 21.5 Å². The number of benzene rings is 1. The Morgan fingerprint density at radius 1 is 1.52 bits per heavy atom. The number of carbonyl (C=O) groups is 1. The molecule has 1 unspecified atom stereocenters. The third kappa shape index (κ3) is 5.99. The van der Waals surface area contributed by atoms with Crippen LogP contribution < -0.4 is 5.32 Å². The average Bonchev–Trinajstić information content (AvgIpc) is 2.51. The van der Waals surface area contributed by atoms with Crippen LogP contribution in [0.4, 0.5) is 0 Å². The summed E-state index contributed by atoms with van der Waals surface area (Å²) in [5.41, 5.74) is 0.921. The topological polar surface area (TPSA) is 33.5 Å². The van der Waals surface area contributed by atoms with Crippen molar-refractivity contribution >= 4 is 34.1 Å². The van der Waals surface area contributed by atoms with Crippen LogP contribution in [0.1, 0.15) is 25.3 Å². The van der Waals surface area contributed by atoms with Gasteiger partial charge in [-0.2, -0.15) is 0 Å². The maximum absolute atomic E-state index is 11.6. The Morgan fingerprint density at radius 2 is 2.19 bits per heavy atom. The number of nitrogens with one attached hydrogen (secondary N) is 1. The largest absolute Gasteiger partial charge is 0.345 e. The predicted molar refractivity (Wildman–Crippen MR) is 91.8 cm³/mol. The Morgan fingerprint density at radius 3 is 2.76 bits per heavy atom. The van der Waals surface area contributed by atoms with E-state index in [-0.39, 0.29) is 18.9 Å². The van der Waals surface area contributed by atoms with E-state index in [1.165, 1.54) is 11.8 Å². The predicted octanol–water partition coefficient (Wildman–Crippen LogP) is 3.26. The lowest BCUT2D eigenvalue weighted by molar-refractivity contribution is -0.121. The lowest BCUT2D eigenvalue weighted by Gasteiger charge is -2.16. The Bertz CT molecular complexity index is 587. The summed E-state index contributed by atoms with van der Waals surface area (Å²) in [4.78, 5) is 14.5. The van der Waals surface area contributed by atoms with E-state index < -0.39 is 4.87 Å². The Hall–Kier alpha value is -1.82. The van der Waals surface area contributed by atoms with Gasteiger partial charge in [-0.3, -0.25) is 9.64 Å². The Balaban J connectivity index is 2.60. The first-order valence-electron chi connectivity index (χ1n) is 6.38. The third-order valence-electron chi connectivity index (χ3n) is 2.76. The number of nitrogens with zero attached hydrogens (tertiary/aromatic N) is 1. The third-order valence-corrected chi connectivity index (χ3v) is 4.40.